The van der Waals surface area contributed by atoms with E-state index in [2.05, 4.69) is 6.07 Å². The maximum atomic E-state index is 10.0. The molecular formula is C13H21NO2. The highest BCUT2D eigenvalue weighted by Gasteiger charge is 2.13. The first-order valence-corrected chi connectivity index (χ1v) is 5.53. The molecule has 16 heavy (non-hydrogen) atoms. The van der Waals surface area contributed by atoms with Crippen molar-refractivity contribution >= 4 is 0 Å². The summed E-state index contributed by atoms with van der Waals surface area (Å²) in [5.41, 5.74) is 9.07. The fourth-order valence-corrected chi connectivity index (χ4v) is 1.91. The molecule has 0 heterocycles. The normalized spacial score (nSPS) is 14.8. The molecule has 0 aliphatic rings. The molecular weight excluding hydrogens is 202 g/mol. The second kappa shape index (κ2) is 5.99. The summed E-state index contributed by atoms with van der Waals surface area (Å²) in [7, 11) is 1.61. The Kier molecular flexibility index (Phi) is 4.93. The Balaban J connectivity index is 2.68. The van der Waals surface area contributed by atoms with E-state index < -0.39 is 6.10 Å². The van der Waals surface area contributed by atoms with E-state index >= 15 is 0 Å². The molecule has 0 aliphatic carbocycles. The SMILES string of the molecule is COCC(N)CC(O)c1cc(C)cc(C)c1. The van der Waals surface area contributed by atoms with Crippen LogP contribution in [-0.2, 0) is 4.74 Å². The lowest BCUT2D eigenvalue weighted by atomic mass is 9.99. The van der Waals surface area contributed by atoms with Crippen molar-refractivity contribution in [2.45, 2.75) is 32.4 Å². The van der Waals surface area contributed by atoms with Crippen molar-refractivity contribution in [2.24, 2.45) is 5.73 Å². The van der Waals surface area contributed by atoms with Gasteiger partial charge < -0.3 is 15.6 Å². The lowest BCUT2D eigenvalue weighted by Crippen LogP contribution is -2.27. The van der Waals surface area contributed by atoms with Gasteiger partial charge in [0.2, 0.25) is 0 Å². The molecule has 3 heteroatoms. The van der Waals surface area contributed by atoms with E-state index in [1.165, 1.54) is 0 Å². The zero-order valence-corrected chi connectivity index (χ0v) is 10.2. The van der Waals surface area contributed by atoms with Crippen LogP contribution in [0.15, 0.2) is 18.2 Å². The van der Waals surface area contributed by atoms with E-state index in [1.807, 2.05) is 26.0 Å². The predicted molar refractivity (Wildman–Crippen MR) is 65.3 cm³/mol. The van der Waals surface area contributed by atoms with Crippen molar-refractivity contribution in [3.63, 3.8) is 0 Å². The molecule has 3 nitrogen and oxygen atoms in total. The summed E-state index contributed by atoms with van der Waals surface area (Å²) in [5, 5.41) is 10.0. The molecule has 90 valence electrons. The summed E-state index contributed by atoms with van der Waals surface area (Å²) >= 11 is 0. The first-order chi connectivity index (χ1) is 7.52. The number of nitrogens with two attached hydrogens (primary N) is 1. The second-order valence-electron chi connectivity index (χ2n) is 4.39. The first-order valence-electron chi connectivity index (χ1n) is 5.53. The summed E-state index contributed by atoms with van der Waals surface area (Å²) in [6.07, 6.45) is 0.0141. The van der Waals surface area contributed by atoms with Crippen LogP contribution in [0.2, 0.25) is 0 Å². The number of ether oxygens (including phenoxy) is 1. The number of hydrogen-bond donors (Lipinski definition) is 2. The summed E-state index contributed by atoms with van der Waals surface area (Å²) < 4.78 is 4.95. The largest absolute Gasteiger partial charge is 0.388 e. The van der Waals surface area contributed by atoms with Crippen LogP contribution >= 0.6 is 0 Å². The molecule has 3 N–H and O–H groups in total. The minimum Gasteiger partial charge on any atom is -0.388 e. The molecule has 2 unspecified atom stereocenters. The molecule has 0 saturated carbocycles. The molecule has 0 aromatic heterocycles. The van der Waals surface area contributed by atoms with Crippen LogP contribution in [0.1, 0.15) is 29.2 Å². The number of methoxy groups -OCH3 is 1. The average molecular weight is 223 g/mol. The van der Waals surface area contributed by atoms with E-state index in [1.54, 1.807) is 7.11 Å². The molecule has 0 bridgehead atoms. The van der Waals surface area contributed by atoms with Gasteiger partial charge in [-0.3, -0.25) is 0 Å². The lowest BCUT2D eigenvalue weighted by molar-refractivity contribution is 0.122. The monoisotopic (exact) mass is 223 g/mol. The van der Waals surface area contributed by atoms with E-state index in [0.717, 1.165) is 16.7 Å². The Morgan fingerprint density at radius 3 is 2.31 bits per heavy atom. The van der Waals surface area contributed by atoms with E-state index in [4.69, 9.17) is 10.5 Å². The van der Waals surface area contributed by atoms with Crippen LogP contribution < -0.4 is 5.73 Å². The van der Waals surface area contributed by atoms with Gasteiger partial charge in [0.15, 0.2) is 0 Å². The Labute approximate surface area is 97.2 Å². The van der Waals surface area contributed by atoms with Crippen LogP contribution in [0, 0.1) is 13.8 Å². The van der Waals surface area contributed by atoms with E-state index in [0.29, 0.717) is 13.0 Å². The van der Waals surface area contributed by atoms with Crippen LogP contribution in [0.3, 0.4) is 0 Å². The zero-order valence-electron chi connectivity index (χ0n) is 10.2. The highest BCUT2D eigenvalue weighted by atomic mass is 16.5. The van der Waals surface area contributed by atoms with Gasteiger partial charge in [0.05, 0.1) is 12.7 Å². The van der Waals surface area contributed by atoms with Gasteiger partial charge in [-0.2, -0.15) is 0 Å². The zero-order chi connectivity index (χ0) is 12.1. The maximum Gasteiger partial charge on any atom is 0.0805 e. The number of aliphatic hydroxyl groups excluding tert-OH is 1. The molecule has 0 saturated heterocycles. The van der Waals surface area contributed by atoms with Crippen molar-refractivity contribution in [1.82, 2.24) is 0 Å². The van der Waals surface area contributed by atoms with Crippen molar-refractivity contribution in [2.75, 3.05) is 13.7 Å². The molecule has 1 aromatic carbocycles. The topological polar surface area (TPSA) is 55.5 Å². The molecule has 1 rings (SSSR count). The van der Waals surface area contributed by atoms with Gasteiger partial charge in [0.25, 0.3) is 0 Å². The number of hydrogen-bond acceptors (Lipinski definition) is 3. The third kappa shape index (κ3) is 3.93. The van der Waals surface area contributed by atoms with Gasteiger partial charge in [-0.25, -0.2) is 0 Å². The molecule has 0 amide bonds. The highest BCUT2D eigenvalue weighted by Crippen LogP contribution is 2.20. The second-order valence-corrected chi connectivity index (χ2v) is 4.39. The van der Waals surface area contributed by atoms with Gasteiger partial charge in [0.1, 0.15) is 0 Å². The Hall–Kier alpha value is -0.900. The maximum absolute atomic E-state index is 10.0. The van der Waals surface area contributed by atoms with Gasteiger partial charge in [-0.15, -0.1) is 0 Å². The van der Waals surface area contributed by atoms with Crippen LogP contribution in [0.4, 0.5) is 0 Å². The molecule has 2 atom stereocenters. The van der Waals surface area contributed by atoms with Gasteiger partial charge in [0, 0.05) is 13.2 Å². The predicted octanol–water partition coefficient (Wildman–Crippen LogP) is 1.70. The molecule has 0 fully saturated rings. The lowest BCUT2D eigenvalue weighted by Gasteiger charge is -2.17. The minimum absolute atomic E-state index is 0.124. The smallest absolute Gasteiger partial charge is 0.0805 e. The number of benzene rings is 1. The minimum atomic E-state index is -0.510. The van der Waals surface area contributed by atoms with Gasteiger partial charge in [-0.05, 0) is 25.8 Å². The Morgan fingerprint density at radius 1 is 1.25 bits per heavy atom. The summed E-state index contributed by atoms with van der Waals surface area (Å²) in [6.45, 7) is 4.53. The first kappa shape index (κ1) is 13.2. The van der Waals surface area contributed by atoms with Gasteiger partial charge in [-0.1, -0.05) is 29.3 Å². The van der Waals surface area contributed by atoms with E-state index in [-0.39, 0.29) is 6.04 Å². The summed E-state index contributed by atoms with van der Waals surface area (Å²) in [4.78, 5) is 0. The number of aryl methyl sites for hydroxylation is 2. The molecule has 0 radical (unpaired) electrons. The van der Waals surface area contributed by atoms with Crippen molar-refractivity contribution in [3.05, 3.63) is 34.9 Å². The van der Waals surface area contributed by atoms with Crippen LogP contribution in [0.25, 0.3) is 0 Å². The standard InChI is InChI=1S/C13H21NO2/c1-9-4-10(2)6-11(5-9)13(15)7-12(14)8-16-3/h4-6,12-13,15H,7-8,14H2,1-3H3. The van der Waals surface area contributed by atoms with Crippen molar-refractivity contribution in [3.8, 4) is 0 Å². The molecule has 0 spiro atoms. The fraction of sp³-hybridized carbons (Fsp3) is 0.538. The Morgan fingerprint density at radius 2 is 1.81 bits per heavy atom. The summed E-state index contributed by atoms with van der Waals surface area (Å²) in [5.74, 6) is 0. The molecule has 1 aromatic rings. The molecule has 0 aliphatic heterocycles. The van der Waals surface area contributed by atoms with Crippen LogP contribution in [0.5, 0.6) is 0 Å². The van der Waals surface area contributed by atoms with Crippen LogP contribution in [-0.4, -0.2) is 24.9 Å². The highest BCUT2D eigenvalue weighted by molar-refractivity contribution is 5.29. The fourth-order valence-electron chi connectivity index (χ4n) is 1.91. The third-order valence-electron chi connectivity index (χ3n) is 2.54. The van der Waals surface area contributed by atoms with Gasteiger partial charge >= 0.3 is 0 Å². The Bertz CT molecular complexity index is 318. The average Bonchev–Trinajstić information content (AvgIpc) is 2.16. The third-order valence-corrected chi connectivity index (χ3v) is 2.54. The number of aliphatic hydroxyl groups is 1. The van der Waals surface area contributed by atoms with Crippen molar-refractivity contribution in [1.29, 1.82) is 0 Å². The van der Waals surface area contributed by atoms with Crippen molar-refractivity contribution < 1.29 is 9.84 Å². The number of rotatable bonds is 5. The summed E-state index contributed by atoms with van der Waals surface area (Å²) in [6, 6.07) is 5.96. The van der Waals surface area contributed by atoms with E-state index in [9.17, 15) is 5.11 Å². The quantitative estimate of drug-likeness (QED) is 0.799.